The monoisotopic (exact) mass is 596 g/mol. The SMILES string of the molecule is CC[C@@]1(O)C(=O)OCc2c1ccn(CC1=C(I)C(=C=O)c3cc(F)cc(OCCO)c3N1C)c2=O. The summed E-state index contributed by atoms with van der Waals surface area (Å²) in [6, 6.07) is 3.89. The molecule has 2 aliphatic heterocycles. The molecule has 0 spiro atoms. The van der Waals surface area contributed by atoms with E-state index in [0.717, 1.165) is 6.07 Å². The Balaban J connectivity index is 1.81. The van der Waals surface area contributed by atoms with Gasteiger partial charge in [-0.3, -0.25) is 4.79 Å². The number of carbonyl (C=O) groups excluding carboxylic acids is 2. The first-order valence-corrected chi connectivity index (χ1v) is 11.8. The number of hydrogen-bond acceptors (Lipinski definition) is 8. The predicted octanol–water partition coefficient (Wildman–Crippen LogP) is 2.02. The molecule has 3 heterocycles. The lowest BCUT2D eigenvalue weighted by molar-refractivity contribution is -0.172. The summed E-state index contributed by atoms with van der Waals surface area (Å²) in [4.78, 5) is 39.0. The normalized spacial score (nSPS) is 19.2. The van der Waals surface area contributed by atoms with Crippen LogP contribution in [0, 0.1) is 5.82 Å². The van der Waals surface area contributed by atoms with Gasteiger partial charge in [-0.15, -0.1) is 0 Å². The maximum atomic E-state index is 14.3. The molecule has 0 bridgehead atoms. The molecule has 0 saturated carbocycles. The van der Waals surface area contributed by atoms with Gasteiger partial charge < -0.3 is 29.2 Å². The number of rotatable bonds is 6. The van der Waals surface area contributed by atoms with Crippen LogP contribution in [-0.2, 0) is 33.1 Å². The van der Waals surface area contributed by atoms with E-state index in [1.165, 1.54) is 22.9 Å². The first kappa shape index (κ1) is 25.1. The maximum absolute atomic E-state index is 14.3. The zero-order chi connectivity index (χ0) is 25.5. The molecule has 35 heavy (non-hydrogen) atoms. The van der Waals surface area contributed by atoms with Crippen LogP contribution in [0.2, 0.25) is 0 Å². The van der Waals surface area contributed by atoms with Crippen molar-refractivity contribution in [3.63, 3.8) is 0 Å². The third-order valence-electron chi connectivity index (χ3n) is 6.20. The van der Waals surface area contributed by atoms with E-state index in [1.807, 2.05) is 28.5 Å². The number of pyridine rings is 1. The zero-order valence-electron chi connectivity index (χ0n) is 18.9. The molecule has 9 nitrogen and oxygen atoms in total. The number of benzene rings is 1. The largest absolute Gasteiger partial charge is 0.489 e. The van der Waals surface area contributed by atoms with Crippen molar-refractivity contribution in [3.8, 4) is 5.75 Å². The van der Waals surface area contributed by atoms with E-state index < -0.39 is 22.9 Å². The van der Waals surface area contributed by atoms with Gasteiger partial charge in [0, 0.05) is 30.4 Å². The van der Waals surface area contributed by atoms with Crippen LogP contribution in [-0.4, -0.2) is 47.0 Å². The molecule has 0 amide bonds. The van der Waals surface area contributed by atoms with Crippen LogP contribution in [0.25, 0.3) is 5.57 Å². The van der Waals surface area contributed by atoms with Gasteiger partial charge in [-0.25, -0.2) is 14.0 Å². The van der Waals surface area contributed by atoms with E-state index in [0.29, 0.717) is 15.0 Å². The third-order valence-corrected chi connectivity index (χ3v) is 7.36. The van der Waals surface area contributed by atoms with Crippen LogP contribution in [0.15, 0.2) is 38.5 Å². The maximum Gasteiger partial charge on any atom is 0.343 e. The minimum atomic E-state index is -1.89. The molecule has 0 saturated heterocycles. The lowest BCUT2D eigenvalue weighted by atomic mass is 9.87. The quantitative estimate of drug-likeness (QED) is 0.296. The van der Waals surface area contributed by atoms with Crippen molar-refractivity contribution in [3.05, 3.63) is 66.5 Å². The summed E-state index contributed by atoms with van der Waals surface area (Å²) in [6.45, 7) is 1.01. The highest BCUT2D eigenvalue weighted by atomic mass is 127. The zero-order valence-corrected chi connectivity index (χ0v) is 21.1. The molecule has 0 aliphatic carbocycles. The topological polar surface area (TPSA) is 118 Å². The van der Waals surface area contributed by atoms with Crippen LogP contribution in [0.3, 0.4) is 0 Å². The molecule has 1 aromatic heterocycles. The Labute approximate surface area is 213 Å². The summed E-state index contributed by atoms with van der Waals surface area (Å²) in [5.41, 5.74) is -0.630. The molecule has 2 aromatic rings. The van der Waals surface area contributed by atoms with Crippen molar-refractivity contribution in [1.29, 1.82) is 0 Å². The fourth-order valence-electron chi connectivity index (χ4n) is 4.33. The third kappa shape index (κ3) is 4.08. The molecule has 11 heteroatoms. The van der Waals surface area contributed by atoms with Gasteiger partial charge in [-0.2, -0.15) is 0 Å². The average Bonchev–Trinajstić information content (AvgIpc) is 2.83. The predicted molar refractivity (Wildman–Crippen MR) is 132 cm³/mol. The van der Waals surface area contributed by atoms with Gasteiger partial charge in [-0.1, -0.05) is 6.92 Å². The number of anilines is 1. The Morgan fingerprint density at radius 2 is 2.09 bits per heavy atom. The van der Waals surface area contributed by atoms with Gasteiger partial charge in [0.1, 0.15) is 30.7 Å². The number of fused-ring (bicyclic) bond motifs is 2. The summed E-state index contributed by atoms with van der Waals surface area (Å²) >= 11 is 1.95. The van der Waals surface area contributed by atoms with E-state index >= 15 is 0 Å². The lowest BCUT2D eigenvalue weighted by Crippen LogP contribution is -2.44. The van der Waals surface area contributed by atoms with Crippen molar-refractivity contribution in [2.45, 2.75) is 32.1 Å². The first-order valence-electron chi connectivity index (χ1n) is 10.8. The van der Waals surface area contributed by atoms with Crippen LogP contribution >= 0.6 is 22.6 Å². The number of esters is 1. The molecule has 0 fully saturated rings. The number of halogens is 2. The van der Waals surface area contributed by atoms with E-state index in [4.69, 9.17) is 14.6 Å². The summed E-state index contributed by atoms with van der Waals surface area (Å²) < 4.78 is 26.7. The smallest absolute Gasteiger partial charge is 0.343 e. The van der Waals surface area contributed by atoms with Gasteiger partial charge in [0.05, 0.1) is 39.3 Å². The molecule has 0 unspecified atom stereocenters. The molecular formula is C24H22FIN2O7. The van der Waals surface area contributed by atoms with Crippen molar-refractivity contribution in [2.24, 2.45) is 0 Å². The Morgan fingerprint density at radius 1 is 1.34 bits per heavy atom. The number of ether oxygens (including phenoxy) is 2. The molecular weight excluding hydrogens is 574 g/mol. The van der Waals surface area contributed by atoms with Crippen LogP contribution in [0.4, 0.5) is 10.1 Å². The standard InChI is InChI=1S/C24H22FIN2O7/c1-3-24(33)17-4-5-28(22(31)16(17)12-35-23(24)32)10-18-20(26)15(11-30)14-8-13(25)9-19(34-7-6-29)21(14)27(18)2/h4-5,8-9,29,33H,3,6-7,10,12H2,1-2H3/t24-/m0/s1. The van der Waals surface area contributed by atoms with Crippen LogP contribution in [0.5, 0.6) is 5.75 Å². The Bertz CT molecular complexity index is 1360. The number of allylic oxidation sites excluding steroid dienone is 3. The van der Waals surface area contributed by atoms with Gasteiger partial charge in [0.25, 0.3) is 5.56 Å². The number of nitrogens with zero attached hydrogens (tertiary/aromatic N) is 2. The molecule has 184 valence electrons. The van der Waals surface area contributed by atoms with Crippen molar-refractivity contribution >= 4 is 45.8 Å². The number of aliphatic hydroxyl groups excluding tert-OH is 1. The van der Waals surface area contributed by atoms with Gasteiger partial charge >= 0.3 is 5.97 Å². The first-order chi connectivity index (χ1) is 16.7. The fraction of sp³-hybridized carbons (Fsp3) is 0.333. The van der Waals surface area contributed by atoms with Crippen molar-refractivity contribution in [1.82, 2.24) is 4.57 Å². The number of aliphatic hydroxyl groups is 2. The molecule has 4 rings (SSSR count). The van der Waals surface area contributed by atoms with E-state index in [-0.39, 0.29) is 60.8 Å². The lowest BCUT2D eigenvalue weighted by Gasteiger charge is -2.34. The van der Waals surface area contributed by atoms with E-state index in [2.05, 4.69) is 0 Å². The highest BCUT2D eigenvalue weighted by Crippen LogP contribution is 2.47. The average molecular weight is 596 g/mol. The van der Waals surface area contributed by atoms with E-state index in [9.17, 15) is 23.9 Å². The number of carbonyl (C=O) groups is 1. The number of likely N-dealkylation sites (N-methyl/N-ethyl adjacent to an activating group) is 1. The molecule has 0 radical (unpaired) electrons. The minimum Gasteiger partial charge on any atom is -0.489 e. The number of hydrogen-bond donors (Lipinski definition) is 2. The van der Waals surface area contributed by atoms with Gasteiger partial charge in [-0.05, 0) is 41.1 Å². The highest BCUT2D eigenvalue weighted by Gasteiger charge is 2.44. The minimum absolute atomic E-state index is 0.0147. The summed E-state index contributed by atoms with van der Waals surface area (Å²) in [7, 11) is 1.69. The molecule has 1 atom stereocenters. The summed E-state index contributed by atoms with van der Waals surface area (Å²) in [5, 5.41) is 19.9. The second-order valence-electron chi connectivity index (χ2n) is 8.10. The Hall–Kier alpha value is -2.99. The summed E-state index contributed by atoms with van der Waals surface area (Å²) in [5.74, 6) is 0.584. The summed E-state index contributed by atoms with van der Waals surface area (Å²) in [6.07, 6.45) is 1.52. The number of aromatic nitrogens is 1. The second kappa shape index (κ2) is 9.57. The fourth-order valence-corrected chi connectivity index (χ4v) is 5.27. The van der Waals surface area contributed by atoms with Crippen LogP contribution < -0.4 is 15.2 Å². The molecule has 2 aliphatic rings. The Kier molecular flexibility index (Phi) is 6.87. The van der Waals surface area contributed by atoms with Crippen LogP contribution in [0.1, 0.15) is 30.0 Å². The molecule has 1 aromatic carbocycles. The van der Waals surface area contributed by atoms with Crippen molar-refractivity contribution in [2.75, 3.05) is 25.2 Å². The second-order valence-corrected chi connectivity index (χ2v) is 9.18. The van der Waals surface area contributed by atoms with E-state index in [1.54, 1.807) is 18.9 Å². The Morgan fingerprint density at radius 3 is 2.74 bits per heavy atom. The van der Waals surface area contributed by atoms with Gasteiger partial charge in [0.15, 0.2) is 5.60 Å². The number of cyclic esters (lactones) is 1. The highest BCUT2D eigenvalue weighted by molar-refractivity contribution is 14.1. The van der Waals surface area contributed by atoms with Crippen molar-refractivity contribution < 1.29 is 33.7 Å². The van der Waals surface area contributed by atoms with Gasteiger partial charge in [0.2, 0.25) is 0 Å². The molecule has 2 N–H and O–H groups in total.